The topological polar surface area (TPSA) is 96.2 Å². The Balaban J connectivity index is 2.07. The Labute approximate surface area is 114 Å². The summed E-state index contributed by atoms with van der Waals surface area (Å²) >= 11 is 0. The number of hydrogen-bond acceptors (Lipinski definition) is 4. The highest BCUT2D eigenvalue weighted by Crippen LogP contribution is 2.27. The molecule has 0 unspecified atom stereocenters. The molecule has 7 nitrogen and oxygen atoms in total. The molecule has 2 aromatic rings. The normalized spacial score (nSPS) is 10.1. The number of benzene rings is 1. The van der Waals surface area contributed by atoms with Crippen molar-refractivity contribution in [1.29, 1.82) is 0 Å². The van der Waals surface area contributed by atoms with Crippen LogP contribution >= 0.6 is 0 Å². The molecular weight excluding hydrogens is 262 g/mol. The van der Waals surface area contributed by atoms with Crippen molar-refractivity contribution < 1.29 is 14.3 Å². The van der Waals surface area contributed by atoms with Crippen LogP contribution in [0, 0.1) is 0 Å². The summed E-state index contributed by atoms with van der Waals surface area (Å²) in [7, 11) is 3.03. The molecule has 106 valence electrons. The summed E-state index contributed by atoms with van der Waals surface area (Å²) in [6.07, 6.45) is 0. The first-order valence-electron chi connectivity index (χ1n) is 5.91. The van der Waals surface area contributed by atoms with Gasteiger partial charge in [-0.05, 0) is 18.2 Å². The first-order chi connectivity index (χ1) is 9.63. The molecule has 0 fully saturated rings. The average molecular weight is 277 g/mol. The van der Waals surface area contributed by atoms with Crippen molar-refractivity contribution in [1.82, 2.24) is 15.5 Å². The van der Waals surface area contributed by atoms with E-state index < -0.39 is 0 Å². The van der Waals surface area contributed by atoms with Crippen LogP contribution in [0.2, 0.25) is 0 Å². The zero-order valence-electron chi connectivity index (χ0n) is 11.1. The van der Waals surface area contributed by atoms with Crippen molar-refractivity contribution in [3.8, 4) is 11.5 Å². The van der Waals surface area contributed by atoms with Crippen molar-refractivity contribution in [2.75, 3.05) is 14.2 Å². The molecule has 7 heteroatoms. The van der Waals surface area contributed by atoms with Crippen LogP contribution in [0.4, 0.5) is 0 Å². The van der Waals surface area contributed by atoms with Gasteiger partial charge in [0.1, 0.15) is 0 Å². The van der Waals surface area contributed by atoms with E-state index in [1.54, 1.807) is 18.2 Å². The van der Waals surface area contributed by atoms with Crippen LogP contribution in [0.25, 0.3) is 0 Å². The summed E-state index contributed by atoms with van der Waals surface area (Å²) in [4.78, 5) is 22.9. The Morgan fingerprint density at radius 2 is 1.90 bits per heavy atom. The molecule has 0 atom stereocenters. The molecule has 0 spiro atoms. The van der Waals surface area contributed by atoms with Crippen LogP contribution in [-0.2, 0) is 6.54 Å². The Morgan fingerprint density at radius 3 is 2.50 bits per heavy atom. The molecule has 0 aliphatic carbocycles. The summed E-state index contributed by atoms with van der Waals surface area (Å²) in [5, 5.41) is 7.75. The Morgan fingerprint density at radius 1 is 1.15 bits per heavy atom. The number of aromatic amines is 2. The van der Waals surface area contributed by atoms with E-state index in [-0.39, 0.29) is 18.0 Å². The molecule has 0 saturated carbocycles. The molecule has 1 heterocycles. The molecule has 1 aromatic heterocycles. The quantitative estimate of drug-likeness (QED) is 0.747. The number of aromatic nitrogens is 2. The van der Waals surface area contributed by atoms with E-state index in [0.29, 0.717) is 22.8 Å². The fourth-order valence-electron chi connectivity index (χ4n) is 1.72. The summed E-state index contributed by atoms with van der Waals surface area (Å²) in [6.45, 7) is 0.228. The Hall–Kier alpha value is -2.70. The molecule has 1 amide bonds. The molecule has 3 N–H and O–H groups in total. The number of H-pyrrole nitrogens is 2. The third kappa shape index (κ3) is 3.00. The number of carbonyl (C=O) groups excluding carboxylic acids is 1. The second-order valence-corrected chi connectivity index (χ2v) is 4.04. The van der Waals surface area contributed by atoms with Crippen LogP contribution < -0.4 is 20.3 Å². The molecule has 0 bridgehead atoms. The van der Waals surface area contributed by atoms with Crippen LogP contribution in [0.15, 0.2) is 29.1 Å². The van der Waals surface area contributed by atoms with E-state index in [1.165, 1.54) is 20.3 Å². The van der Waals surface area contributed by atoms with E-state index >= 15 is 0 Å². The van der Waals surface area contributed by atoms with E-state index in [2.05, 4.69) is 15.5 Å². The van der Waals surface area contributed by atoms with Crippen LogP contribution in [0.1, 0.15) is 16.1 Å². The number of methoxy groups -OCH3 is 2. The van der Waals surface area contributed by atoms with E-state index in [4.69, 9.17) is 9.47 Å². The van der Waals surface area contributed by atoms with Crippen molar-refractivity contribution in [2.45, 2.75) is 6.54 Å². The molecule has 0 saturated heterocycles. The predicted molar refractivity (Wildman–Crippen MR) is 72.1 cm³/mol. The van der Waals surface area contributed by atoms with E-state index in [9.17, 15) is 9.59 Å². The van der Waals surface area contributed by atoms with Gasteiger partial charge >= 0.3 is 0 Å². The lowest BCUT2D eigenvalue weighted by Crippen LogP contribution is -2.23. The maximum absolute atomic E-state index is 12.0. The lowest BCUT2D eigenvalue weighted by Gasteiger charge is -2.09. The van der Waals surface area contributed by atoms with Gasteiger partial charge in [-0.1, -0.05) is 0 Å². The van der Waals surface area contributed by atoms with Gasteiger partial charge in [0.25, 0.3) is 11.5 Å². The highest BCUT2D eigenvalue weighted by atomic mass is 16.5. The van der Waals surface area contributed by atoms with Crippen molar-refractivity contribution in [3.05, 3.63) is 45.9 Å². The molecule has 0 aliphatic heterocycles. The highest BCUT2D eigenvalue weighted by Gasteiger charge is 2.10. The molecule has 0 aliphatic rings. The lowest BCUT2D eigenvalue weighted by molar-refractivity contribution is 0.0950. The maximum atomic E-state index is 12.0. The second kappa shape index (κ2) is 5.96. The van der Waals surface area contributed by atoms with Gasteiger partial charge in [0.2, 0.25) is 0 Å². The number of amides is 1. The lowest BCUT2D eigenvalue weighted by atomic mass is 10.2. The largest absolute Gasteiger partial charge is 0.493 e. The highest BCUT2D eigenvalue weighted by molar-refractivity contribution is 5.94. The van der Waals surface area contributed by atoms with Gasteiger partial charge in [0.15, 0.2) is 11.5 Å². The van der Waals surface area contributed by atoms with Gasteiger partial charge in [0.05, 0.1) is 26.5 Å². The molecule has 0 radical (unpaired) electrons. The summed E-state index contributed by atoms with van der Waals surface area (Å²) in [5.41, 5.74) is 0.810. The van der Waals surface area contributed by atoms with Gasteiger partial charge < -0.3 is 19.9 Å². The maximum Gasteiger partial charge on any atom is 0.264 e. The third-order valence-electron chi connectivity index (χ3n) is 2.74. The van der Waals surface area contributed by atoms with Crippen molar-refractivity contribution in [3.63, 3.8) is 0 Å². The summed E-state index contributed by atoms with van der Waals surface area (Å²) in [6, 6.07) is 6.27. The van der Waals surface area contributed by atoms with Crippen LogP contribution in [-0.4, -0.2) is 30.3 Å². The Kier molecular flexibility index (Phi) is 4.09. The van der Waals surface area contributed by atoms with E-state index in [0.717, 1.165) is 0 Å². The first-order valence-corrected chi connectivity index (χ1v) is 5.91. The summed E-state index contributed by atoms with van der Waals surface area (Å²) in [5.74, 6) is 0.766. The van der Waals surface area contributed by atoms with Crippen molar-refractivity contribution >= 4 is 5.91 Å². The molecule has 1 aromatic carbocycles. The summed E-state index contributed by atoms with van der Waals surface area (Å²) < 4.78 is 10.2. The zero-order valence-corrected chi connectivity index (χ0v) is 11.1. The van der Waals surface area contributed by atoms with Gasteiger partial charge in [-0.25, -0.2) is 0 Å². The first kappa shape index (κ1) is 13.7. The number of hydrogen-bond donors (Lipinski definition) is 3. The minimum Gasteiger partial charge on any atom is -0.493 e. The number of rotatable bonds is 5. The van der Waals surface area contributed by atoms with Crippen LogP contribution in [0.5, 0.6) is 11.5 Å². The van der Waals surface area contributed by atoms with Gasteiger partial charge in [-0.3, -0.25) is 14.7 Å². The second-order valence-electron chi connectivity index (χ2n) is 4.04. The number of carbonyl (C=O) groups is 1. The minimum atomic E-state index is -0.270. The Bertz CT molecular complexity index is 660. The number of nitrogens with one attached hydrogen (secondary N) is 3. The number of ether oxygens (including phenoxy) is 2. The monoisotopic (exact) mass is 277 g/mol. The zero-order chi connectivity index (χ0) is 14.5. The van der Waals surface area contributed by atoms with Crippen LogP contribution in [0.3, 0.4) is 0 Å². The third-order valence-corrected chi connectivity index (χ3v) is 2.74. The fraction of sp³-hybridized carbons (Fsp3) is 0.231. The predicted octanol–water partition coefficient (Wildman–Crippen LogP) is 0.650. The molecule has 2 rings (SSSR count). The average Bonchev–Trinajstić information content (AvgIpc) is 2.89. The van der Waals surface area contributed by atoms with Crippen molar-refractivity contribution in [2.24, 2.45) is 0 Å². The molecular formula is C13H15N3O4. The van der Waals surface area contributed by atoms with Gasteiger partial charge in [-0.2, -0.15) is 0 Å². The molecule has 20 heavy (non-hydrogen) atoms. The smallest absolute Gasteiger partial charge is 0.264 e. The minimum absolute atomic E-state index is 0.228. The van der Waals surface area contributed by atoms with E-state index in [1.807, 2.05) is 0 Å². The fourth-order valence-corrected chi connectivity index (χ4v) is 1.72. The standard InChI is InChI=1S/C13H15N3O4/c1-19-10-4-3-8(5-11(10)20-2)13(18)14-7-9-6-12(17)16-15-9/h3-6H,7H2,1-2H3,(H,14,18)(H2,15,16,17). The SMILES string of the molecule is COc1ccc(C(=O)NCc2cc(=O)[nH][nH]2)cc1OC. The van der Waals surface area contributed by atoms with Gasteiger partial charge in [0, 0.05) is 11.6 Å². The van der Waals surface area contributed by atoms with Gasteiger partial charge in [-0.15, -0.1) is 0 Å².